The molecule has 5 heteroatoms. The summed E-state index contributed by atoms with van der Waals surface area (Å²) in [6.45, 7) is 0. The second-order valence-corrected chi connectivity index (χ2v) is 3.44. The molecule has 0 spiro atoms. The summed E-state index contributed by atoms with van der Waals surface area (Å²) in [6, 6.07) is 6.17. The van der Waals surface area contributed by atoms with E-state index in [1.807, 2.05) is 0 Å². The number of nitrogens with zero attached hydrogens (tertiary/aromatic N) is 2. The lowest BCUT2D eigenvalue weighted by molar-refractivity contribution is -0.385. The van der Waals surface area contributed by atoms with Crippen LogP contribution in [0.5, 0.6) is 0 Å². The van der Waals surface area contributed by atoms with Crippen LogP contribution in [0.3, 0.4) is 0 Å². The fraction of sp³-hybridized carbons (Fsp3) is 0.182. The Bertz CT molecular complexity index is 439. The minimum Gasteiger partial charge on any atom is -0.383 e. The van der Waals surface area contributed by atoms with Crippen molar-refractivity contribution in [2.75, 3.05) is 14.1 Å². The summed E-state index contributed by atoms with van der Waals surface area (Å²) in [6.07, 6.45) is 2.16. The van der Waals surface area contributed by atoms with Crippen LogP contribution in [-0.4, -0.2) is 30.2 Å². The third kappa shape index (κ3) is 2.66. The van der Waals surface area contributed by atoms with Crippen molar-refractivity contribution in [1.29, 1.82) is 0 Å². The molecule has 0 N–H and O–H groups in total. The van der Waals surface area contributed by atoms with Gasteiger partial charge in [0.25, 0.3) is 5.69 Å². The zero-order valence-corrected chi connectivity index (χ0v) is 9.08. The predicted molar refractivity (Wildman–Crippen MR) is 60.8 cm³/mol. The number of nitro groups is 1. The van der Waals surface area contributed by atoms with Gasteiger partial charge in [0.2, 0.25) is 0 Å². The molecule has 84 valence electrons. The minimum atomic E-state index is -0.498. The van der Waals surface area contributed by atoms with Gasteiger partial charge in [0.05, 0.1) is 10.5 Å². The Kier molecular flexibility index (Phi) is 3.77. The van der Waals surface area contributed by atoms with Gasteiger partial charge in [0.15, 0.2) is 6.29 Å². The SMILES string of the molecule is CN(C)/C=C(/C=O)c1ccccc1[N+](=O)[O-]. The molecule has 0 unspecified atom stereocenters. The van der Waals surface area contributed by atoms with E-state index in [-0.39, 0.29) is 11.3 Å². The van der Waals surface area contributed by atoms with Crippen LogP contribution in [0.4, 0.5) is 5.69 Å². The average molecular weight is 220 g/mol. The lowest BCUT2D eigenvalue weighted by atomic mass is 10.1. The fourth-order valence-electron chi connectivity index (χ4n) is 1.32. The van der Waals surface area contributed by atoms with Crippen molar-refractivity contribution in [1.82, 2.24) is 4.90 Å². The molecular formula is C11H12N2O3. The van der Waals surface area contributed by atoms with E-state index >= 15 is 0 Å². The molecule has 0 heterocycles. The van der Waals surface area contributed by atoms with Crippen LogP contribution in [0.25, 0.3) is 5.57 Å². The van der Waals surface area contributed by atoms with Crippen molar-refractivity contribution in [3.63, 3.8) is 0 Å². The number of carbonyl (C=O) groups is 1. The van der Waals surface area contributed by atoms with Gasteiger partial charge in [-0.2, -0.15) is 0 Å². The summed E-state index contributed by atoms with van der Waals surface area (Å²) in [7, 11) is 3.50. The van der Waals surface area contributed by atoms with Crippen molar-refractivity contribution in [2.24, 2.45) is 0 Å². The van der Waals surface area contributed by atoms with Gasteiger partial charge in [-0.25, -0.2) is 0 Å². The first-order valence-electron chi connectivity index (χ1n) is 4.63. The van der Waals surface area contributed by atoms with E-state index in [1.165, 1.54) is 6.07 Å². The van der Waals surface area contributed by atoms with Crippen LogP contribution < -0.4 is 0 Å². The van der Waals surface area contributed by atoms with Crippen molar-refractivity contribution in [3.05, 3.63) is 46.1 Å². The van der Waals surface area contributed by atoms with Crippen molar-refractivity contribution in [3.8, 4) is 0 Å². The summed E-state index contributed by atoms with van der Waals surface area (Å²) in [5.74, 6) is 0. The number of nitro benzene ring substituents is 1. The van der Waals surface area contributed by atoms with Crippen LogP contribution in [0.1, 0.15) is 5.56 Å². The van der Waals surface area contributed by atoms with Crippen LogP contribution in [-0.2, 0) is 4.79 Å². The molecule has 5 nitrogen and oxygen atoms in total. The van der Waals surface area contributed by atoms with E-state index < -0.39 is 4.92 Å². The maximum atomic E-state index is 10.9. The number of carbonyl (C=O) groups excluding carboxylic acids is 1. The third-order valence-corrected chi connectivity index (χ3v) is 1.94. The maximum Gasteiger partial charge on any atom is 0.277 e. The topological polar surface area (TPSA) is 63.5 Å². The van der Waals surface area contributed by atoms with E-state index in [0.717, 1.165) is 0 Å². The summed E-state index contributed by atoms with van der Waals surface area (Å²) in [5.41, 5.74) is 0.552. The lowest BCUT2D eigenvalue weighted by Gasteiger charge is -2.07. The molecule has 16 heavy (non-hydrogen) atoms. The van der Waals surface area contributed by atoms with Crippen LogP contribution >= 0.6 is 0 Å². The molecule has 0 radical (unpaired) electrons. The van der Waals surface area contributed by atoms with Gasteiger partial charge in [-0.1, -0.05) is 12.1 Å². The highest BCUT2D eigenvalue weighted by molar-refractivity contribution is 6.08. The van der Waals surface area contributed by atoms with E-state index in [2.05, 4.69) is 0 Å². The van der Waals surface area contributed by atoms with Gasteiger partial charge in [0.1, 0.15) is 0 Å². The third-order valence-electron chi connectivity index (χ3n) is 1.94. The minimum absolute atomic E-state index is 0.0669. The Morgan fingerprint density at radius 1 is 1.38 bits per heavy atom. The van der Waals surface area contributed by atoms with Gasteiger partial charge in [-0.3, -0.25) is 14.9 Å². The van der Waals surface area contributed by atoms with Crippen LogP contribution in [0, 0.1) is 10.1 Å². The van der Waals surface area contributed by atoms with Crippen molar-refractivity contribution >= 4 is 17.5 Å². The quantitative estimate of drug-likeness (QED) is 0.335. The van der Waals surface area contributed by atoms with E-state index in [9.17, 15) is 14.9 Å². The molecule has 1 aromatic carbocycles. The molecule has 0 aliphatic heterocycles. The van der Waals surface area contributed by atoms with Crippen LogP contribution in [0.2, 0.25) is 0 Å². The monoisotopic (exact) mass is 220 g/mol. The van der Waals surface area contributed by atoms with E-state index in [1.54, 1.807) is 43.4 Å². The Labute approximate surface area is 93.1 Å². The molecule has 0 bridgehead atoms. The molecule has 1 rings (SSSR count). The van der Waals surface area contributed by atoms with Crippen molar-refractivity contribution < 1.29 is 9.72 Å². The lowest BCUT2D eigenvalue weighted by Crippen LogP contribution is -2.04. The molecule has 0 aliphatic rings. The predicted octanol–water partition coefficient (Wildman–Crippen LogP) is 1.70. The van der Waals surface area contributed by atoms with Crippen LogP contribution in [0.15, 0.2) is 30.5 Å². The average Bonchev–Trinajstić information content (AvgIpc) is 2.25. The maximum absolute atomic E-state index is 10.9. The first-order valence-corrected chi connectivity index (χ1v) is 4.63. The van der Waals surface area contributed by atoms with Crippen molar-refractivity contribution in [2.45, 2.75) is 0 Å². The second-order valence-electron chi connectivity index (χ2n) is 3.44. The number of rotatable bonds is 4. The first kappa shape index (κ1) is 11.9. The molecule has 0 atom stereocenters. The Hall–Kier alpha value is -2.17. The number of aldehydes is 1. The fourth-order valence-corrected chi connectivity index (χ4v) is 1.32. The highest BCUT2D eigenvalue weighted by Crippen LogP contribution is 2.24. The normalized spacial score (nSPS) is 11.0. The standard InChI is InChI=1S/C11H12N2O3/c1-12(2)7-9(8-14)10-5-3-4-6-11(10)13(15)16/h3-8H,1-2H3/b9-7-. The smallest absolute Gasteiger partial charge is 0.277 e. The zero-order valence-electron chi connectivity index (χ0n) is 9.08. The molecule has 0 aromatic heterocycles. The number of hydrogen-bond acceptors (Lipinski definition) is 4. The van der Waals surface area contributed by atoms with Gasteiger partial charge < -0.3 is 4.90 Å². The number of benzene rings is 1. The molecule has 0 amide bonds. The molecule has 0 fully saturated rings. The first-order chi connectivity index (χ1) is 7.56. The summed E-state index contributed by atoms with van der Waals surface area (Å²) >= 11 is 0. The number of hydrogen-bond donors (Lipinski definition) is 0. The molecule has 1 aromatic rings. The van der Waals surface area contributed by atoms with E-state index in [0.29, 0.717) is 11.8 Å². The number of allylic oxidation sites excluding steroid dienone is 1. The summed E-state index contributed by atoms with van der Waals surface area (Å²) in [5, 5.41) is 10.8. The molecule has 0 saturated heterocycles. The van der Waals surface area contributed by atoms with Gasteiger partial charge in [-0.05, 0) is 6.07 Å². The molecule has 0 saturated carbocycles. The Morgan fingerprint density at radius 3 is 2.50 bits per heavy atom. The van der Waals surface area contributed by atoms with Gasteiger partial charge >= 0.3 is 0 Å². The highest BCUT2D eigenvalue weighted by atomic mass is 16.6. The zero-order chi connectivity index (χ0) is 12.1. The van der Waals surface area contributed by atoms with Gasteiger partial charge in [0, 0.05) is 31.9 Å². The largest absolute Gasteiger partial charge is 0.383 e. The Morgan fingerprint density at radius 2 is 2.00 bits per heavy atom. The Balaban J connectivity index is 3.30. The molecule has 0 aliphatic carbocycles. The second kappa shape index (κ2) is 5.06. The van der Waals surface area contributed by atoms with Gasteiger partial charge in [-0.15, -0.1) is 0 Å². The number of para-hydroxylation sites is 1. The summed E-state index contributed by atoms with van der Waals surface area (Å²) in [4.78, 5) is 22.8. The highest BCUT2D eigenvalue weighted by Gasteiger charge is 2.15. The van der Waals surface area contributed by atoms with E-state index in [4.69, 9.17) is 0 Å². The summed E-state index contributed by atoms with van der Waals surface area (Å²) < 4.78 is 0. The molecular weight excluding hydrogens is 208 g/mol.